The van der Waals surface area contributed by atoms with E-state index >= 15 is 0 Å². The molecular weight excluding hydrogens is 691 g/mol. The van der Waals surface area contributed by atoms with Crippen molar-refractivity contribution >= 4 is 57.9 Å². The monoisotopic (exact) mass is 727 g/mol. The zero-order valence-electron chi connectivity index (χ0n) is 28.3. The summed E-state index contributed by atoms with van der Waals surface area (Å²) in [7, 11) is 0. The largest absolute Gasteiger partial charge is 0.458 e. The molecule has 6 rings (SSSR count). The number of ether oxygens (including phenoxy) is 3. The van der Waals surface area contributed by atoms with Gasteiger partial charge in [-0.2, -0.15) is 0 Å². The molecule has 4 heterocycles. The first-order valence-electron chi connectivity index (χ1n) is 16.3. The maximum atomic E-state index is 14.4. The number of thioether (sulfide) groups is 1. The van der Waals surface area contributed by atoms with Crippen LogP contribution < -0.4 is 10.2 Å². The fourth-order valence-electron chi connectivity index (χ4n) is 5.99. The number of fused-ring (bicyclic) bond motifs is 1. The molecule has 11 nitrogen and oxygen atoms in total. The second-order valence-corrected chi connectivity index (χ2v) is 14.8. The first-order valence-corrected chi connectivity index (χ1v) is 18.1. The Kier molecular flexibility index (Phi) is 10.5. The van der Waals surface area contributed by atoms with E-state index in [1.54, 1.807) is 43.7 Å². The summed E-state index contributed by atoms with van der Waals surface area (Å²) in [5.41, 5.74) is 1.77. The van der Waals surface area contributed by atoms with Crippen molar-refractivity contribution in [3.05, 3.63) is 124 Å². The molecule has 2 fully saturated rings. The van der Waals surface area contributed by atoms with Crippen molar-refractivity contribution in [3.63, 3.8) is 0 Å². The lowest BCUT2D eigenvalue weighted by atomic mass is 9.95. The molecule has 3 aliphatic rings. The third kappa shape index (κ3) is 7.64. The molecule has 264 valence electrons. The van der Waals surface area contributed by atoms with Gasteiger partial charge < -0.3 is 24.4 Å². The number of rotatable bonds is 10. The van der Waals surface area contributed by atoms with E-state index in [0.717, 1.165) is 11.1 Å². The Labute approximate surface area is 303 Å². The summed E-state index contributed by atoms with van der Waals surface area (Å²) in [6.07, 6.45) is 1.90. The van der Waals surface area contributed by atoms with Crippen molar-refractivity contribution in [2.75, 3.05) is 18.1 Å². The van der Waals surface area contributed by atoms with Crippen molar-refractivity contribution in [2.45, 2.75) is 56.4 Å². The van der Waals surface area contributed by atoms with E-state index in [0.29, 0.717) is 29.1 Å². The lowest BCUT2D eigenvalue weighted by Crippen LogP contribution is -2.74. The standard InChI is InChI=1S/C38H37N3O8S2/c1-5-19-47-35(44)27-17-20-50-33(27)40-18-16-25(31(40)42)21-26-22-51-34-28(39-37(46)49-38(2,3)4)32(43)41(34)29(26)36(45)48-30(23-12-8-6-9-13-23)24-14-10-7-11-15-24/h5-15,17,20-22,28-30,34H,1,16,18-19H2,2-4H3,(H,39,46)/t28-,29-,34-/m1/s1. The second kappa shape index (κ2) is 15.0. The van der Waals surface area contributed by atoms with E-state index in [4.69, 9.17) is 14.2 Å². The predicted molar refractivity (Wildman–Crippen MR) is 194 cm³/mol. The van der Waals surface area contributed by atoms with E-state index < -0.39 is 53.1 Å². The summed E-state index contributed by atoms with van der Waals surface area (Å²) in [4.78, 5) is 70.1. The van der Waals surface area contributed by atoms with E-state index in [1.165, 1.54) is 39.0 Å². The molecule has 2 saturated heterocycles. The Morgan fingerprint density at radius 3 is 2.31 bits per heavy atom. The first kappa shape index (κ1) is 35.7. The van der Waals surface area contributed by atoms with Gasteiger partial charge in [0.05, 0.1) is 5.56 Å². The van der Waals surface area contributed by atoms with Gasteiger partial charge >= 0.3 is 18.0 Å². The Bertz CT molecular complexity index is 1860. The molecule has 0 spiro atoms. The Morgan fingerprint density at radius 1 is 1.02 bits per heavy atom. The minimum Gasteiger partial charge on any atom is -0.458 e. The molecule has 13 heteroatoms. The zero-order valence-corrected chi connectivity index (χ0v) is 29.9. The number of carbonyl (C=O) groups is 5. The Balaban J connectivity index is 1.31. The van der Waals surface area contributed by atoms with Gasteiger partial charge in [-0.3, -0.25) is 14.5 Å². The van der Waals surface area contributed by atoms with E-state index in [1.807, 2.05) is 60.7 Å². The summed E-state index contributed by atoms with van der Waals surface area (Å²) in [5, 5.41) is 5.93. The van der Waals surface area contributed by atoms with Gasteiger partial charge in [0.1, 0.15) is 28.6 Å². The van der Waals surface area contributed by atoms with Gasteiger partial charge in [-0.25, -0.2) is 14.4 Å². The van der Waals surface area contributed by atoms with Gasteiger partial charge in [-0.05, 0) is 66.8 Å². The van der Waals surface area contributed by atoms with Crippen molar-refractivity contribution in [1.29, 1.82) is 0 Å². The summed E-state index contributed by atoms with van der Waals surface area (Å²) >= 11 is 2.50. The minimum absolute atomic E-state index is 0.0380. The van der Waals surface area contributed by atoms with E-state index in [9.17, 15) is 24.0 Å². The predicted octanol–water partition coefficient (Wildman–Crippen LogP) is 6.15. The average molecular weight is 728 g/mol. The molecule has 0 bridgehead atoms. The van der Waals surface area contributed by atoms with Crippen LogP contribution in [0, 0.1) is 0 Å². The van der Waals surface area contributed by atoms with Crippen molar-refractivity contribution in [3.8, 4) is 0 Å². The topological polar surface area (TPSA) is 132 Å². The Hall–Kier alpha value is -5.14. The van der Waals surface area contributed by atoms with Crippen LogP contribution in [0.15, 0.2) is 107 Å². The van der Waals surface area contributed by atoms with Gasteiger partial charge in [0.2, 0.25) is 5.91 Å². The van der Waals surface area contributed by atoms with Gasteiger partial charge in [0.25, 0.3) is 5.91 Å². The smallest absolute Gasteiger partial charge is 0.408 e. The minimum atomic E-state index is -1.21. The van der Waals surface area contributed by atoms with Crippen LogP contribution in [-0.2, 0) is 28.6 Å². The number of nitrogens with zero attached hydrogens (tertiary/aromatic N) is 2. The first-order chi connectivity index (χ1) is 24.5. The molecule has 2 aromatic carbocycles. The molecule has 3 aromatic rings. The number of carbonyl (C=O) groups excluding carboxylic acids is 5. The van der Waals surface area contributed by atoms with Crippen LogP contribution in [0.25, 0.3) is 0 Å². The number of anilines is 1. The van der Waals surface area contributed by atoms with Gasteiger partial charge in [-0.15, -0.1) is 23.1 Å². The number of alkyl carbamates (subject to hydrolysis) is 1. The number of amides is 3. The highest BCUT2D eigenvalue weighted by molar-refractivity contribution is 8.03. The fraction of sp³-hybridized carbons (Fsp3) is 0.289. The van der Waals surface area contributed by atoms with Crippen LogP contribution in [0.5, 0.6) is 0 Å². The SMILES string of the molecule is C=CCOC(=O)c1ccsc1N1CCC(=CC2=CS[C@@H]3[C@H](NC(=O)OC(C)(C)C)C(=O)N3[C@H]2C(=O)OC(c2ccccc2)c2ccccc2)C1=O. The van der Waals surface area contributed by atoms with Crippen LogP contribution in [-0.4, -0.2) is 71.0 Å². The molecule has 3 aliphatic heterocycles. The number of β-lactam (4-membered cyclic amide) rings is 1. The van der Waals surface area contributed by atoms with Crippen LogP contribution in [0.3, 0.4) is 0 Å². The van der Waals surface area contributed by atoms with Crippen LogP contribution in [0.1, 0.15) is 54.8 Å². The highest BCUT2D eigenvalue weighted by Crippen LogP contribution is 2.43. The fourth-order valence-corrected chi connectivity index (χ4v) is 8.10. The molecule has 1 aromatic heterocycles. The third-order valence-electron chi connectivity index (χ3n) is 8.26. The highest BCUT2D eigenvalue weighted by Gasteiger charge is 2.56. The maximum Gasteiger partial charge on any atom is 0.408 e. The van der Waals surface area contributed by atoms with E-state index in [2.05, 4.69) is 11.9 Å². The molecule has 3 amide bonds. The lowest BCUT2D eigenvalue weighted by molar-refractivity contribution is -0.164. The number of hydrogen-bond acceptors (Lipinski definition) is 10. The van der Waals surface area contributed by atoms with Crippen molar-refractivity contribution in [2.24, 2.45) is 0 Å². The Morgan fingerprint density at radius 2 is 1.69 bits per heavy atom. The number of hydrogen-bond donors (Lipinski definition) is 1. The highest BCUT2D eigenvalue weighted by atomic mass is 32.2. The molecular formula is C38H37N3O8S2. The van der Waals surface area contributed by atoms with E-state index in [-0.39, 0.29) is 18.1 Å². The number of thiophene rings is 1. The lowest BCUT2D eigenvalue weighted by Gasteiger charge is -2.51. The van der Waals surface area contributed by atoms with Gasteiger partial charge in [0.15, 0.2) is 12.1 Å². The van der Waals surface area contributed by atoms with Crippen molar-refractivity contribution in [1.82, 2.24) is 10.2 Å². The normalized spacial score (nSPS) is 20.7. The molecule has 1 N–H and O–H groups in total. The van der Waals surface area contributed by atoms with Crippen LogP contribution >= 0.6 is 23.1 Å². The zero-order chi connectivity index (χ0) is 36.3. The summed E-state index contributed by atoms with van der Waals surface area (Å²) in [6, 6.07) is 18.0. The molecule has 51 heavy (non-hydrogen) atoms. The summed E-state index contributed by atoms with van der Waals surface area (Å²) in [5.74, 6) is -2.08. The maximum absolute atomic E-state index is 14.4. The summed E-state index contributed by atoms with van der Waals surface area (Å²) < 4.78 is 16.8. The average Bonchev–Trinajstić information content (AvgIpc) is 3.74. The van der Waals surface area contributed by atoms with Crippen LogP contribution in [0.2, 0.25) is 0 Å². The summed E-state index contributed by atoms with van der Waals surface area (Å²) in [6.45, 7) is 9.08. The molecule has 0 unspecified atom stereocenters. The quantitative estimate of drug-likeness (QED) is 0.0860. The van der Waals surface area contributed by atoms with Crippen molar-refractivity contribution < 1.29 is 38.2 Å². The van der Waals surface area contributed by atoms with Gasteiger partial charge in [-0.1, -0.05) is 73.3 Å². The number of benzene rings is 2. The molecule has 3 atom stereocenters. The number of esters is 2. The second-order valence-electron chi connectivity index (χ2n) is 13.0. The molecule has 0 radical (unpaired) electrons. The van der Waals surface area contributed by atoms with Crippen LogP contribution in [0.4, 0.5) is 9.80 Å². The third-order valence-corrected chi connectivity index (χ3v) is 10.4. The van der Waals surface area contributed by atoms with Gasteiger partial charge in [0, 0.05) is 12.1 Å². The molecule has 0 saturated carbocycles. The molecule has 0 aliphatic carbocycles. The number of nitrogens with one attached hydrogen (secondary N) is 1.